The van der Waals surface area contributed by atoms with Crippen LogP contribution in [0.25, 0.3) is 6.08 Å². The Kier molecular flexibility index (Phi) is 3.99. The van der Waals surface area contributed by atoms with E-state index in [4.69, 9.17) is 10.5 Å². The lowest BCUT2D eigenvalue weighted by molar-refractivity contribution is 0.412. The summed E-state index contributed by atoms with van der Waals surface area (Å²) in [5, 5.41) is 0. The molecule has 2 N–H and O–H groups in total. The maximum atomic E-state index is 5.36. The van der Waals surface area contributed by atoms with Gasteiger partial charge in [-0.3, -0.25) is 4.98 Å². The number of hydrogen-bond acceptors (Lipinski definition) is 3. The predicted molar refractivity (Wildman–Crippen MR) is 53.5 cm³/mol. The SMILES string of the molecule is COc1cccnc1/C=C/CCN. The lowest BCUT2D eigenvalue weighted by Gasteiger charge is -2.01. The van der Waals surface area contributed by atoms with Crippen LogP contribution in [0.15, 0.2) is 24.4 Å². The molecule has 0 fully saturated rings. The maximum Gasteiger partial charge on any atom is 0.144 e. The standard InChI is InChI=1S/C10H14N2O/c1-13-10-6-4-8-12-9(10)5-2-3-7-11/h2,4-6,8H,3,7,11H2,1H3/b5-2+. The van der Waals surface area contributed by atoms with Gasteiger partial charge in [0.15, 0.2) is 0 Å². The number of methoxy groups -OCH3 is 1. The first-order valence-corrected chi connectivity index (χ1v) is 4.24. The number of nitrogens with zero attached hydrogens (tertiary/aromatic N) is 1. The number of pyridine rings is 1. The summed E-state index contributed by atoms with van der Waals surface area (Å²) in [7, 11) is 1.64. The minimum Gasteiger partial charge on any atom is -0.494 e. The van der Waals surface area contributed by atoms with Gasteiger partial charge in [-0.05, 0) is 31.2 Å². The van der Waals surface area contributed by atoms with Gasteiger partial charge in [0.1, 0.15) is 11.4 Å². The molecule has 1 rings (SSSR count). The average molecular weight is 178 g/mol. The van der Waals surface area contributed by atoms with E-state index >= 15 is 0 Å². The summed E-state index contributed by atoms with van der Waals surface area (Å²) in [5.74, 6) is 0.788. The van der Waals surface area contributed by atoms with E-state index in [1.165, 1.54) is 0 Å². The smallest absolute Gasteiger partial charge is 0.144 e. The van der Waals surface area contributed by atoms with Crippen molar-refractivity contribution in [1.82, 2.24) is 4.98 Å². The van der Waals surface area contributed by atoms with Crippen molar-refractivity contribution >= 4 is 6.08 Å². The minimum absolute atomic E-state index is 0.658. The summed E-state index contributed by atoms with van der Waals surface area (Å²) in [4.78, 5) is 4.17. The molecular formula is C10H14N2O. The first-order chi connectivity index (χ1) is 6.38. The van der Waals surface area contributed by atoms with E-state index in [1.807, 2.05) is 24.3 Å². The molecule has 0 aliphatic heterocycles. The third-order valence-corrected chi connectivity index (χ3v) is 1.63. The van der Waals surface area contributed by atoms with Crippen LogP contribution in [-0.4, -0.2) is 18.6 Å². The lowest BCUT2D eigenvalue weighted by atomic mass is 10.3. The van der Waals surface area contributed by atoms with Crippen LogP contribution in [0, 0.1) is 0 Å². The fraction of sp³-hybridized carbons (Fsp3) is 0.300. The van der Waals surface area contributed by atoms with E-state index in [0.717, 1.165) is 17.9 Å². The van der Waals surface area contributed by atoms with Crippen molar-refractivity contribution < 1.29 is 4.74 Å². The van der Waals surface area contributed by atoms with Gasteiger partial charge in [0, 0.05) is 6.20 Å². The Bertz CT molecular complexity index is 284. The zero-order valence-electron chi connectivity index (χ0n) is 7.73. The van der Waals surface area contributed by atoms with E-state index in [9.17, 15) is 0 Å². The highest BCUT2D eigenvalue weighted by Crippen LogP contribution is 2.15. The molecule has 0 saturated carbocycles. The molecule has 1 aromatic rings. The van der Waals surface area contributed by atoms with Crippen molar-refractivity contribution in [3.8, 4) is 5.75 Å². The number of aromatic nitrogens is 1. The van der Waals surface area contributed by atoms with E-state index < -0.39 is 0 Å². The summed E-state index contributed by atoms with van der Waals surface area (Å²) in [6.07, 6.45) is 6.51. The van der Waals surface area contributed by atoms with Crippen LogP contribution in [0.4, 0.5) is 0 Å². The van der Waals surface area contributed by atoms with Crippen LogP contribution >= 0.6 is 0 Å². The minimum atomic E-state index is 0.658. The van der Waals surface area contributed by atoms with Crippen molar-refractivity contribution in [3.63, 3.8) is 0 Å². The van der Waals surface area contributed by atoms with E-state index in [0.29, 0.717) is 6.54 Å². The van der Waals surface area contributed by atoms with Gasteiger partial charge in [0.25, 0.3) is 0 Å². The second kappa shape index (κ2) is 5.32. The second-order valence-corrected chi connectivity index (χ2v) is 2.57. The van der Waals surface area contributed by atoms with Gasteiger partial charge in [0.2, 0.25) is 0 Å². The molecule has 70 valence electrons. The first-order valence-electron chi connectivity index (χ1n) is 4.24. The molecule has 3 heteroatoms. The van der Waals surface area contributed by atoms with Crippen LogP contribution in [0.3, 0.4) is 0 Å². The first kappa shape index (κ1) is 9.74. The van der Waals surface area contributed by atoms with Crippen molar-refractivity contribution in [2.75, 3.05) is 13.7 Å². The molecule has 0 aromatic carbocycles. The van der Waals surface area contributed by atoms with E-state index in [1.54, 1.807) is 13.3 Å². The molecule has 3 nitrogen and oxygen atoms in total. The van der Waals surface area contributed by atoms with E-state index in [-0.39, 0.29) is 0 Å². The lowest BCUT2D eigenvalue weighted by Crippen LogP contribution is -1.95. The number of nitrogens with two attached hydrogens (primary N) is 1. The molecule has 0 radical (unpaired) electrons. The Labute approximate surface area is 78.2 Å². The van der Waals surface area contributed by atoms with E-state index in [2.05, 4.69) is 4.98 Å². The topological polar surface area (TPSA) is 48.1 Å². The van der Waals surface area contributed by atoms with Gasteiger partial charge in [-0.1, -0.05) is 6.08 Å². The van der Waals surface area contributed by atoms with Gasteiger partial charge in [0.05, 0.1) is 7.11 Å². The zero-order valence-corrected chi connectivity index (χ0v) is 7.73. The Morgan fingerprint density at radius 2 is 2.46 bits per heavy atom. The summed E-state index contributed by atoms with van der Waals surface area (Å²) in [6.45, 7) is 0.658. The van der Waals surface area contributed by atoms with Gasteiger partial charge < -0.3 is 10.5 Å². The van der Waals surface area contributed by atoms with Crippen molar-refractivity contribution in [1.29, 1.82) is 0 Å². The van der Waals surface area contributed by atoms with Gasteiger partial charge in [-0.25, -0.2) is 0 Å². The molecule has 0 atom stereocenters. The summed E-state index contributed by atoms with van der Waals surface area (Å²) in [5.41, 5.74) is 6.21. The predicted octanol–water partition coefficient (Wildman–Crippen LogP) is 1.45. The average Bonchev–Trinajstić information content (AvgIpc) is 2.19. The fourth-order valence-electron chi connectivity index (χ4n) is 0.992. The fourth-order valence-corrected chi connectivity index (χ4v) is 0.992. The van der Waals surface area contributed by atoms with Crippen molar-refractivity contribution in [2.24, 2.45) is 5.73 Å². The van der Waals surface area contributed by atoms with Crippen LogP contribution < -0.4 is 10.5 Å². The van der Waals surface area contributed by atoms with Crippen LogP contribution in [0.5, 0.6) is 5.75 Å². The highest BCUT2D eigenvalue weighted by atomic mass is 16.5. The highest BCUT2D eigenvalue weighted by Gasteiger charge is 1.96. The molecule has 0 aliphatic rings. The highest BCUT2D eigenvalue weighted by molar-refractivity contribution is 5.52. The molecule has 1 aromatic heterocycles. The molecule has 0 bridgehead atoms. The summed E-state index contributed by atoms with van der Waals surface area (Å²) < 4.78 is 5.13. The van der Waals surface area contributed by atoms with Crippen molar-refractivity contribution in [2.45, 2.75) is 6.42 Å². The normalized spacial score (nSPS) is 10.6. The van der Waals surface area contributed by atoms with Crippen LogP contribution in [0.2, 0.25) is 0 Å². The maximum absolute atomic E-state index is 5.36. The zero-order chi connectivity index (χ0) is 9.52. The molecule has 0 unspecified atom stereocenters. The monoisotopic (exact) mass is 178 g/mol. The molecular weight excluding hydrogens is 164 g/mol. The number of ether oxygens (including phenoxy) is 1. The molecule has 0 spiro atoms. The third-order valence-electron chi connectivity index (χ3n) is 1.63. The number of rotatable bonds is 4. The molecule has 13 heavy (non-hydrogen) atoms. The Morgan fingerprint density at radius 3 is 3.15 bits per heavy atom. The molecule has 0 aliphatic carbocycles. The summed E-state index contributed by atoms with van der Waals surface area (Å²) >= 11 is 0. The van der Waals surface area contributed by atoms with Crippen LogP contribution in [0.1, 0.15) is 12.1 Å². The number of hydrogen-bond donors (Lipinski definition) is 1. The van der Waals surface area contributed by atoms with Crippen molar-refractivity contribution in [3.05, 3.63) is 30.1 Å². The summed E-state index contributed by atoms with van der Waals surface area (Å²) in [6, 6.07) is 3.73. The van der Waals surface area contributed by atoms with Crippen LogP contribution in [-0.2, 0) is 0 Å². The van der Waals surface area contributed by atoms with Gasteiger partial charge >= 0.3 is 0 Å². The molecule has 0 amide bonds. The second-order valence-electron chi connectivity index (χ2n) is 2.57. The largest absolute Gasteiger partial charge is 0.494 e. The molecule has 0 saturated heterocycles. The Hall–Kier alpha value is -1.35. The third kappa shape index (κ3) is 2.87. The molecule has 1 heterocycles. The Morgan fingerprint density at radius 1 is 1.62 bits per heavy atom. The Balaban J connectivity index is 2.74. The van der Waals surface area contributed by atoms with Gasteiger partial charge in [-0.15, -0.1) is 0 Å². The van der Waals surface area contributed by atoms with Gasteiger partial charge in [-0.2, -0.15) is 0 Å². The quantitative estimate of drug-likeness (QED) is 0.759.